The number of hydrogen-bond donors (Lipinski definition) is 1. The van der Waals surface area contributed by atoms with Gasteiger partial charge in [0.15, 0.2) is 0 Å². The Bertz CT molecular complexity index is 419. The first-order valence-corrected chi connectivity index (χ1v) is 4.00. The van der Waals surface area contributed by atoms with Crippen LogP contribution in [0.1, 0.15) is 5.69 Å². The Balaban J connectivity index is 2.46. The van der Waals surface area contributed by atoms with Crippen LogP contribution in [-0.2, 0) is 0 Å². The van der Waals surface area contributed by atoms with Gasteiger partial charge in [0.25, 0.3) is 0 Å². The predicted molar refractivity (Wildman–Crippen MR) is 50.5 cm³/mol. The second kappa shape index (κ2) is 2.90. The molecule has 0 spiro atoms. The second-order valence-corrected chi connectivity index (χ2v) is 2.87. The highest BCUT2D eigenvalue weighted by Crippen LogP contribution is 2.09. The van der Waals surface area contributed by atoms with E-state index in [9.17, 15) is 0 Å². The van der Waals surface area contributed by atoms with E-state index in [2.05, 4.69) is 10.2 Å². The average molecular weight is 174 g/mol. The molecule has 0 amide bonds. The Morgan fingerprint density at radius 3 is 2.85 bits per heavy atom. The van der Waals surface area contributed by atoms with Crippen molar-refractivity contribution in [3.8, 4) is 5.69 Å². The SMILES string of the molecule is Cc1cnn(-c2cccc(N)c2)n1. The molecule has 0 radical (unpaired) electrons. The Hall–Kier alpha value is -1.84. The van der Waals surface area contributed by atoms with Crippen LogP contribution in [-0.4, -0.2) is 15.0 Å². The van der Waals surface area contributed by atoms with Crippen LogP contribution in [0.3, 0.4) is 0 Å². The molecule has 0 aliphatic carbocycles. The fourth-order valence-corrected chi connectivity index (χ4v) is 1.11. The summed E-state index contributed by atoms with van der Waals surface area (Å²) < 4.78 is 0. The lowest BCUT2D eigenvalue weighted by molar-refractivity contribution is 0.746. The first kappa shape index (κ1) is 7.79. The van der Waals surface area contributed by atoms with Crippen molar-refractivity contribution in [2.75, 3.05) is 5.73 Å². The van der Waals surface area contributed by atoms with Gasteiger partial charge < -0.3 is 5.73 Å². The minimum absolute atomic E-state index is 0.715. The van der Waals surface area contributed by atoms with E-state index in [1.165, 1.54) is 0 Å². The third-order valence-electron chi connectivity index (χ3n) is 1.71. The summed E-state index contributed by atoms with van der Waals surface area (Å²) in [5.74, 6) is 0. The lowest BCUT2D eigenvalue weighted by Gasteiger charge is -1.99. The molecular formula is C9H10N4. The molecular weight excluding hydrogens is 164 g/mol. The number of benzene rings is 1. The quantitative estimate of drug-likeness (QED) is 0.660. The van der Waals surface area contributed by atoms with Gasteiger partial charge in [0.05, 0.1) is 17.6 Å². The Morgan fingerprint density at radius 1 is 1.38 bits per heavy atom. The maximum atomic E-state index is 5.63. The molecule has 0 bridgehead atoms. The van der Waals surface area contributed by atoms with E-state index < -0.39 is 0 Å². The normalized spacial score (nSPS) is 10.2. The maximum Gasteiger partial charge on any atom is 0.0877 e. The maximum absolute atomic E-state index is 5.63. The fraction of sp³-hybridized carbons (Fsp3) is 0.111. The summed E-state index contributed by atoms with van der Waals surface area (Å²) in [6.07, 6.45) is 1.71. The third-order valence-corrected chi connectivity index (χ3v) is 1.71. The highest BCUT2D eigenvalue weighted by molar-refractivity contribution is 5.46. The Labute approximate surface area is 76.0 Å². The Morgan fingerprint density at radius 2 is 2.23 bits per heavy atom. The summed E-state index contributed by atoms with van der Waals surface area (Å²) in [6.45, 7) is 1.90. The van der Waals surface area contributed by atoms with E-state index in [1.807, 2.05) is 31.2 Å². The van der Waals surface area contributed by atoms with Gasteiger partial charge in [-0.05, 0) is 25.1 Å². The smallest absolute Gasteiger partial charge is 0.0877 e. The largest absolute Gasteiger partial charge is 0.399 e. The molecule has 0 unspecified atom stereocenters. The van der Waals surface area contributed by atoms with Crippen LogP contribution < -0.4 is 5.73 Å². The van der Waals surface area contributed by atoms with Crippen LogP contribution in [0.4, 0.5) is 5.69 Å². The Kier molecular flexibility index (Phi) is 1.73. The zero-order valence-electron chi connectivity index (χ0n) is 7.31. The summed E-state index contributed by atoms with van der Waals surface area (Å²) in [4.78, 5) is 1.56. The minimum atomic E-state index is 0.715. The van der Waals surface area contributed by atoms with Crippen LogP contribution in [0.2, 0.25) is 0 Å². The zero-order chi connectivity index (χ0) is 9.26. The summed E-state index contributed by atoms with van der Waals surface area (Å²) in [7, 11) is 0. The molecule has 0 saturated heterocycles. The molecule has 2 rings (SSSR count). The van der Waals surface area contributed by atoms with Crippen molar-refractivity contribution in [3.63, 3.8) is 0 Å². The van der Waals surface area contributed by atoms with Crippen molar-refractivity contribution in [1.82, 2.24) is 15.0 Å². The van der Waals surface area contributed by atoms with E-state index in [4.69, 9.17) is 5.73 Å². The molecule has 2 aromatic rings. The molecule has 0 saturated carbocycles. The van der Waals surface area contributed by atoms with Gasteiger partial charge in [-0.25, -0.2) is 0 Å². The van der Waals surface area contributed by atoms with E-state index >= 15 is 0 Å². The van der Waals surface area contributed by atoms with Crippen molar-refractivity contribution in [2.45, 2.75) is 6.92 Å². The van der Waals surface area contributed by atoms with Gasteiger partial charge in [-0.3, -0.25) is 0 Å². The molecule has 4 heteroatoms. The van der Waals surface area contributed by atoms with Crippen molar-refractivity contribution in [1.29, 1.82) is 0 Å². The van der Waals surface area contributed by atoms with E-state index in [0.29, 0.717) is 5.69 Å². The van der Waals surface area contributed by atoms with Gasteiger partial charge in [-0.2, -0.15) is 15.0 Å². The molecule has 2 N–H and O–H groups in total. The number of anilines is 1. The first-order chi connectivity index (χ1) is 6.25. The van der Waals surface area contributed by atoms with Crippen molar-refractivity contribution in [3.05, 3.63) is 36.2 Å². The van der Waals surface area contributed by atoms with Gasteiger partial charge in [-0.15, -0.1) is 0 Å². The summed E-state index contributed by atoms with van der Waals surface area (Å²) in [5, 5.41) is 8.25. The van der Waals surface area contributed by atoms with Crippen molar-refractivity contribution < 1.29 is 0 Å². The van der Waals surface area contributed by atoms with E-state index in [0.717, 1.165) is 11.4 Å². The molecule has 0 fully saturated rings. The van der Waals surface area contributed by atoms with Crippen LogP contribution in [0.5, 0.6) is 0 Å². The molecule has 0 aliphatic rings. The topological polar surface area (TPSA) is 56.7 Å². The molecule has 1 aromatic heterocycles. The van der Waals surface area contributed by atoms with Gasteiger partial charge >= 0.3 is 0 Å². The summed E-state index contributed by atoms with van der Waals surface area (Å²) >= 11 is 0. The van der Waals surface area contributed by atoms with Crippen LogP contribution in [0.25, 0.3) is 5.69 Å². The van der Waals surface area contributed by atoms with Crippen molar-refractivity contribution in [2.24, 2.45) is 0 Å². The van der Waals surface area contributed by atoms with Gasteiger partial charge in [0.2, 0.25) is 0 Å². The van der Waals surface area contributed by atoms with E-state index in [1.54, 1.807) is 11.0 Å². The van der Waals surface area contributed by atoms with E-state index in [-0.39, 0.29) is 0 Å². The number of hydrogen-bond acceptors (Lipinski definition) is 3. The van der Waals surface area contributed by atoms with Crippen LogP contribution in [0.15, 0.2) is 30.5 Å². The number of aromatic nitrogens is 3. The molecule has 66 valence electrons. The lowest BCUT2D eigenvalue weighted by atomic mass is 10.3. The molecule has 1 aromatic carbocycles. The number of nitrogens with zero attached hydrogens (tertiary/aromatic N) is 3. The number of nitrogens with two attached hydrogens (primary N) is 1. The summed E-state index contributed by atoms with van der Waals surface area (Å²) in [6, 6.07) is 7.46. The third kappa shape index (κ3) is 1.51. The second-order valence-electron chi connectivity index (χ2n) is 2.87. The van der Waals surface area contributed by atoms with Crippen LogP contribution >= 0.6 is 0 Å². The lowest BCUT2D eigenvalue weighted by Crippen LogP contribution is -1.99. The highest BCUT2D eigenvalue weighted by Gasteiger charge is 1.98. The molecule has 0 atom stereocenters. The molecule has 0 aliphatic heterocycles. The van der Waals surface area contributed by atoms with Gasteiger partial charge in [0.1, 0.15) is 0 Å². The average Bonchev–Trinajstić information content (AvgIpc) is 2.52. The number of nitrogen functional groups attached to an aromatic ring is 1. The fourth-order valence-electron chi connectivity index (χ4n) is 1.11. The number of rotatable bonds is 1. The summed E-state index contributed by atoms with van der Waals surface area (Å²) in [5.41, 5.74) is 8.12. The van der Waals surface area contributed by atoms with Gasteiger partial charge in [0, 0.05) is 5.69 Å². The minimum Gasteiger partial charge on any atom is -0.399 e. The molecule has 13 heavy (non-hydrogen) atoms. The highest BCUT2D eigenvalue weighted by atomic mass is 15.5. The zero-order valence-corrected chi connectivity index (χ0v) is 7.31. The monoisotopic (exact) mass is 174 g/mol. The van der Waals surface area contributed by atoms with Crippen LogP contribution in [0, 0.1) is 6.92 Å². The number of aryl methyl sites for hydroxylation is 1. The first-order valence-electron chi connectivity index (χ1n) is 4.00. The molecule has 4 nitrogen and oxygen atoms in total. The van der Waals surface area contributed by atoms with Gasteiger partial charge in [-0.1, -0.05) is 6.07 Å². The van der Waals surface area contributed by atoms with Crippen molar-refractivity contribution >= 4 is 5.69 Å². The molecule has 1 heterocycles. The predicted octanol–water partition coefficient (Wildman–Crippen LogP) is 1.16. The standard InChI is InChI=1S/C9H10N4/c1-7-6-11-13(12-7)9-4-2-3-8(10)5-9/h2-6H,10H2,1H3.